The molecule has 0 unspecified atom stereocenters. The zero-order chi connectivity index (χ0) is 35.7. The number of aliphatic imine (C=N–C) groups is 1. The maximum Gasteiger partial charge on any atom is 0.352 e. The minimum Gasteiger partial charge on any atom is -0.480 e. The minimum absolute atomic E-state index is 0.0129. The van der Waals surface area contributed by atoms with Crippen LogP contribution in [0.15, 0.2) is 41.5 Å². The summed E-state index contributed by atoms with van der Waals surface area (Å²) in [6.45, 7) is 0.420. The number of rotatable bonds is 13. The number of guanidine groups is 1. The van der Waals surface area contributed by atoms with Gasteiger partial charge in [-0.3, -0.25) is 43.6 Å². The predicted octanol–water partition coefficient (Wildman–Crippen LogP) is -3.16. The summed E-state index contributed by atoms with van der Waals surface area (Å²) >= 11 is 3.41. The Hall–Kier alpha value is -4.94. The van der Waals surface area contributed by atoms with Crippen LogP contribution in [0.3, 0.4) is 0 Å². The van der Waals surface area contributed by atoms with Crippen molar-refractivity contribution in [2.24, 2.45) is 34.4 Å². The van der Waals surface area contributed by atoms with Crippen molar-refractivity contribution >= 4 is 75.4 Å². The molecule has 1 saturated heterocycles. The van der Waals surface area contributed by atoms with Crippen molar-refractivity contribution in [1.29, 1.82) is 0 Å². The Morgan fingerprint density at radius 1 is 1.25 bits per heavy atom. The number of aryl methyl sites for hydroxylation is 1. The molecule has 0 bridgehead atoms. The van der Waals surface area contributed by atoms with Gasteiger partial charge in [0.15, 0.2) is 22.0 Å². The number of anilines is 1. The van der Waals surface area contributed by atoms with Crippen LogP contribution in [0.1, 0.15) is 18.5 Å². The van der Waals surface area contributed by atoms with E-state index < -0.39 is 52.3 Å². The first-order valence-corrected chi connectivity index (χ1v) is 16.4. The van der Waals surface area contributed by atoms with E-state index in [0.29, 0.717) is 25.0 Å². The van der Waals surface area contributed by atoms with Gasteiger partial charge in [-0.05, 0) is 18.4 Å². The Kier molecular flexibility index (Phi) is 13.1. The molecule has 4 rings (SSSR count). The highest BCUT2D eigenvalue weighted by Crippen LogP contribution is 2.41. The second-order valence-electron chi connectivity index (χ2n) is 9.69. The summed E-state index contributed by atoms with van der Waals surface area (Å²) in [5, 5.41) is 28.0. The Labute approximate surface area is 282 Å². The number of nitrogens with zero attached hydrogens (tertiary/aromatic N) is 6. The largest absolute Gasteiger partial charge is 0.480 e. The molecule has 2 aromatic heterocycles. The number of thiazole rings is 1. The molecule has 48 heavy (non-hydrogen) atoms. The van der Waals surface area contributed by atoms with E-state index in [2.05, 4.69) is 30.5 Å². The molecule has 0 aliphatic carbocycles. The monoisotopic (exact) mass is 728 g/mol. The summed E-state index contributed by atoms with van der Waals surface area (Å²) in [6, 6.07) is -1.81. The first kappa shape index (κ1) is 37.5. The number of β-lactam (4-membered cyclic amide) rings is 1. The Morgan fingerprint density at radius 2 is 1.96 bits per heavy atom. The van der Waals surface area contributed by atoms with E-state index in [1.165, 1.54) is 36.0 Å². The van der Waals surface area contributed by atoms with Crippen LogP contribution < -0.4 is 39.4 Å². The summed E-state index contributed by atoms with van der Waals surface area (Å²) in [4.78, 5) is 88.1. The van der Waals surface area contributed by atoms with Gasteiger partial charge in [-0.1, -0.05) is 16.9 Å². The fourth-order valence-electron chi connectivity index (χ4n) is 4.08. The van der Waals surface area contributed by atoms with Gasteiger partial charge in [0.2, 0.25) is 0 Å². The number of aromatic amines is 1. The number of nitrogen functional groups attached to an aromatic ring is 1. The van der Waals surface area contributed by atoms with Crippen molar-refractivity contribution in [1.82, 2.24) is 30.0 Å². The zero-order valence-corrected chi connectivity index (χ0v) is 27.8. The fraction of sp³-hybridized carbons (Fsp3) is 0.417. The summed E-state index contributed by atoms with van der Waals surface area (Å²) in [5.74, 6) is -3.29. The molecule has 4 heterocycles. The van der Waals surface area contributed by atoms with Crippen LogP contribution in [-0.2, 0) is 31.1 Å². The van der Waals surface area contributed by atoms with Crippen LogP contribution in [0.25, 0.3) is 0 Å². The average Bonchev–Trinajstić information content (AvgIpc) is 3.46. The van der Waals surface area contributed by atoms with E-state index in [-0.39, 0.29) is 44.9 Å². The molecular formula is C24H32N12O9S3. The van der Waals surface area contributed by atoms with Gasteiger partial charge in [-0.2, -0.15) is 4.98 Å². The number of aromatic nitrogens is 4. The lowest BCUT2D eigenvalue weighted by molar-refractivity contribution is -0.150. The number of thioether (sulfide) groups is 2. The first-order chi connectivity index (χ1) is 22.7. The molecule has 2 aliphatic rings. The summed E-state index contributed by atoms with van der Waals surface area (Å²) in [5.41, 5.74) is 19.3. The number of carbonyl (C=O) groups excluding carboxylic acids is 2. The number of fused-ring (bicyclic) bond motifs is 1. The lowest BCUT2D eigenvalue weighted by Crippen LogP contribution is -2.71. The molecule has 0 aromatic carbocycles. The highest BCUT2D eigenvalue weighted by Gasteiger charge is 2.54. The molecule has 2 amide bonds. The topological polar surface area (TPSA) is 343 Å². The normalized spacial score (nSPS) is 17.7. The van der Waals surface area contributed by atoms with Crippen molar-refractivity contribution in [2.75, 3.05) is 30.9 Å². The number of H-pyrrole nitrogens is 1. The molecule has 0 radical (unpaired) electrons. The zero-order valence-electron chi connectivity index (χ0n) is 25.3. The fourth-order valence-corrected chi connectivity index (χ4v) is 7.03. The van der Waals surface area contributed by atoms with Crippen molar-refractivity contribution in [3.8, 4) is 0 Å². The van der Waals surface area contributed by atoms with Crippen molar-refractivity contribution in [3.63, 3.8) is 0 Å². The van der Waals surface area contributed by atoms with E-state index in [1.54, 1.807) is 0 Å². The van der Waals surface area contributed by atoms with Gasteiger partial charge in [-0.15, -0.1) is 23.1 Å². The van der Waals surface area contributed by atoms with Crippen LogP contribution in [0.4, 0.5) is 5.13 Å². The molecule has 0 spiro atoms. The maximum atomic E-state index is 12.9. The number of nitrogens with two attached hydrogens (primary N) is 4. The smallest absolute Gasteiger partial charge is 0.352 e. The minimum atomic E-state index is -1.31. The Balaban J connectivity index is 0.000000444. The van der Waals surface area contributed by atoms with Gasteiger partial charge in [0, 0.05) is 30.5 Å². The Morgan fingerprint density at radius 3 is 2.54 bits per heavy atom. The number of carboxylic acid groups (broad SMARTS) is 2. The van der Waals surface area contributed by atoms with Gasteiger partial charge < -0.3 is 43.3 Å². The van der Waals surface area contributed by atoms with E-state index in [1.807, 2.05) is 0 Å². The molecule has 21 nitrogen and oxygen atoms in total. The molecule has 260 valence electrons. The summed E-state index contributed by atoms with van der Waals surface area (Å²) in [7, 11) is 2.74. The average molecular weight is 729 g/mol. The third-order valence-electron chi connectivity index (χ3n) is 6.31. The quantitative estimate of drug-likeness (QED) is 0.0192. The lowest BCUT2D eigenvalue weighted by Gasteiger charge is -2.49. The van der Waals surface area contributed by atoms with E-state index >= 15 is 0 Å². The van der Waals surface area contributed by atoms with Crippen LogP contribution >= 0.6 is 34.9 Å². The number of hydrogen-bond donors (Lipinski definition) is 8. The third kappa shape index (κ3) is 9.33. The van der Waals surface area contributed by atoms with E-state index in [9.17, 15) is 33.9 Å². The summed E-state index contributed by atoms with van der Waals surface area (Å²) < 4.78 is 1.25. The third-order valence-corrected chi connectivity index (χ3v) is 9.44. The second kappa shape index (κ2) is 16.8. The van der Waals surface area contributed by atoms with Crippen LogP contribution in [0.5, 0.6) is 0 Å². The molecule has 2 aliphatic heterocycles. The van der Waals surface area contributed by atoms with Gasteiger partial charge in [-0.25, -0.2) is 9.78 Å². The van der Waals surface area contributed by atoms with Gasteiger partial charge >= 0.3 is 23.1 Å². The molecule has 3 atom stereocenters. The molecule has 12 N–H and O–H groups in total. The number of hydrogen-bond acceptors (Lipinski definition) is 16. The summed E-state index contributed by atoms with van der Waals surface area (Å²) in [6.07, 6.45) is 0.956. The molecule has 2 aromatic rings. The van der Waals surface area contributed by atoms with Gasteiger partial charge in [0.05, 0.1) is 0 Å². The molecular weight excluding hydrogens is 697 g/mol. The predicted molar refractivity (Wildman–Crippen MR) is 176 cm³/mol. The van der Waals surface area contributed by atoms with Crippen LogP contribution in [0.2, 0.25) is 0 Å². The highest BCUT2D eigenvalue weighted by molar-refractivity contribution is 8.01. The van der Waals surface area contributed by atoms with E-state index in [0.717, 1.165) is 28.0 Å². The number of carbonyl (C=O) groups is 4. The SMILES string of the molecule is CO/N=C(/C(=O)N[C@@H]1C(=O)N2C(C(=O)O)=C(CSc3nc(=O)c(=O)[nH]n3C)CS[C@H]12)c1csc(N)n1.NC(N)=NCCC[C@H](N)C(=O)O. The van der Waals surface area contributed by atoms with Crippen LogP contribution in [-0.4, -0.2) is 113 Å². The Bertz CT molecular complexity index is 1770. The number of nitrogens with one attached hydrogen (secondary N) is 2. The number of amides is 2. The number of aliphatic carboxylic acids is 2. The molecule has 24 heteroatoms. The number of oxime groups is 1. The van der Waals surface area contributed by atoms with Crippen molar-refractivity contribution in [2.45, 2.75) is 35.5 Å². The standard InChI is InChI=1S/C18H18N8O7S3.C6H14N4O2/c1-25-18(22-12(28)13(29)23-25)36-4-6-3-34-15-9(14(30)26(15)10(6)16(31)32)21-11(27)8(24-33-2)7-5-35-17(19)20-7;7-4(5(11)12)2-1-3-10-6(8)9/h5,9,15H,3-4H2,1-2H3,(H2,19,20)(H,21,27)(H,23,29)(H,31,32);4H,1-3,7H2,(H,11,12)(H4,8,9,10)/b24-8+;/t9-,15-;4-/m10/s1. The first-order valence-electron chi connectivity index (χ1n) is 13.5. The van der Waals surface area contributed by atoms with Gasteiger partial charge in [0.25, 0.3) is 11.8 Å². The van der Waals surface area contributed by atoms with Gasteiger partial charge in [0.1, 0.15) is 36.0 Å². The van der Waals surface area contributed by atoms with Crippen LogP contribution in [0, 0.1) is 0 Å². The second-order valence-corrected chi connectivity index (χ2v) is 12.6. The highest BCUT2D eigenvalue weighted by atomic mass is 32.2. The van der Waals surface area contributed by atoms with Crippen molar-refractivity contribution < 1.29 is 34.2 Å². The number of carboxylic acids is 2. The molecule has 1 fully saturated rings. The molecule has 0 saturated carbocycles. The maximum absolute atomic E-state index is 12.9. The lowest BCUT2D eigenvalue weighted by atomic mass is 10.0. The van der Waals surface area contributed by atoms with Crippen molar-refractivity contribution in [3.05, 3.63) is 43.1 Å². The van der Waals surface area contributed by atoms with E-state index in [4.69, 9.17) is 32.9 Å².